The van der Waals surface area contributed by atoms with Gasteiger partial charge in [-0.3, -0.25) is 0 Å². The summed E-state index contributed by atoms with van der Waals surface area (Å²) in [5.41, 5.74) is 6.19. The van der Waals surface area contributed by atoms with Crippen LogP contribution in [0, 0.1) is 11.3 Å². The Bertz CT molecular complexity index is 139. The zero-order valence-electron chi connectivity index (χ0n) is 9.10. The Morgan fingerprint density at radius 2 is 2.08 bits per heavy atom. The van der Waals surface area contributed by atoms with Crippen LogP contribution in [0.1, 0.15) is 39.5 Å². The Hall–Kier alpha value is -0.0800. The summed E-state index contributed by atoms with van der Waals surface area (Å²) in [6.07, 6.45) is 5.31. The van der Waals surface area contributed by atoms with Crippen LogP contribution in [0.15, 0.2) is 0 Å². The molecule has 0 aromatic heterocycles. The van der Waals surface area contributed by atoms with Crippen LogP contribution in [0.3, 0.4) is 0 Å². The van der Waals surface area contributed by atoms with Crippen molar-refractivity contribution in [2.45, 2.75) is 39.5 Å². The van der Waals surface area contributed by atoms with Gasteiger partial charge in [-0.2, -0.15) is 0 Å². The molecular formula is C11H24N2. The molecule has 0 heterocycles. The first kappa shape index (κ1) is 11.0. The minimum absolute atomic E-state index is 0.498. The van der Waals surface area contributed by atoms with Gasteiger partial charge < -0.3 is 11.1 Å². The first-order chi connectivity index (χ1) is 6.18. The van der Waals surface area contributed by atoms with E-state index in [1.807, 2.05) is 0 Å². The largest absolute Gasteiger partial charge is 0.330 e. The lowest BCUT2D eigenvalue weighted by Gasteiger charge is -2.13. The first-order valence-electron chi connectivity index (χ1n) is 5.59. The fraction of sp³-hybridized carbons (Fsp3) is 1.00. The van der Waals surface area contributed by atoms with E-state index in [4.69, 9.17) is 5.73 Å². The number of hydrogen-bond donors (Lipinski definition) is 2. The Balaban J connectivity index is 1.90. The van der Waals surface area contributed by atoms with Crippen LogP contribution in [0.25, 0.3) is 0 Å². The van der Waals surface area contributed by atoms with Crippen LogP contribution >= 0.6 is 0 Å². The molecule has 2 nitrogen and oxygen atoms in total. The van der Waals surface area contributed by atoms with E-state index in [2.05, 4.69) is 19.2 Å². The summed E-state index contributed by atoms with van der Waals surface area (Å²) in [6.45, 7) is 7.73. The van der Waals surface area contributed by atoms with Gasteiger partial charge in [-0.15, -0.1) is 0 Å². The van der Waals surface area contributed by atoms with E-state index in [-0.39, 0.29) is 0 Å². The summed E-state index contributed by atoms with van der Waals surface area (Å²) in [5.74, 6) is 0.839. The van der Waals surface area contributed by atoms with Crippen LogP contribution in [0.4, 0.5) is 0 Å². The third kappa shape index (κ3) is 4.10. The molecule has 1 aliphatic carbocycles. The summed E-state index contributed by atoms with van der Waals surface area (Å²) in [4.78, 5) is 0. The Labute approximate surface area is 82.3 Å². The van der Waals surface area contributed by atoms with Crippen LogP contribution in [0.2, 0.25) is 0 Å². The molecule has 2 heteroatoms. The van der Waals surface area contributed by atoms with Gasteiger partial charge in [-0.25, -0.2) is 0 Å². The van der Waals surface area contributed by atoms with E-state index < -0.39 is 0 Å². The van der Waals surface area contributed by atoms with E-state index in [0.29, 0.717) is 5.41 Å². The third-order valence-electron chi connectivity index (χ3n) is 3.03. The van der Waals surface area contributed by atoms with E-state index in [0.717, 1.165) is 19.0 Å². The highest BCUT2D eigenvalue weighted by molar-refractivity contribution is 4.95. The zero-order valence-corrected chi connectivity index (χ0v) is 9.10. The third-order valence-corrected chi connectivity index (χ3v) is 3.03. The van der Waals surface area contributed by atoms with Gasteiger partial charge in [0.25, 0.3) is 0 Å². The van der Waals surface area contributed by atoms with Crippen molar-refractivity contribution in [1.82, 2.24) is 5.32 Å². The topological polar surface area (TPSA) is 38.0 Å². The highest BCUT2D eigenvalue weighted by atomic mass is 14.9. The molecule has 0 spiro atoms. The average molecular weight is 184 g/mol. The molecule has 1 rings (SSSR count). The normalized spacial score (nSPS) is 19.4. The smallest absolute Gasteiger partial charge is 0.00199 e. The lowest BCUT2D eigenvalue weighted by atomic mass is 10.1. The standard InChI is InChI=1S/C11H24N2/c1-10(2)4-3-7-13-9-11(8-12)5-6-11/h10,13H,3-9,12H2,1-2H3. The van der Waals surface area contributed by atoms with Crippen molar-refractivity contribution in [3.05, 3.63) is 0 Å². The second-order valence-electron chi connectivity index (χ2n) is 4.92. The van der Waals surface area contributed by atoms with Crippen molar-refractivity contribution in [3.63, 3.8) is 0 Å². The summed E-state index contributed by atoms with van der Waals surface area (Å²) in [6, 6.07) is 0. The lowest BCUT2D eigenvalue weighted by molar-refractivity contribution is 0.450. The van der Waals surface area contributed by atoms with Crippen molar-refractivity contribution in [2.75, 3.05) is 19.6 Å². The summed E-state index contributed by atoms with van der Waals surface area (Å²) < 4.78 is 0. The van der Waals surface area contributed by atoms with E-state index in [9.17, 15) is 0 Å². The van der Waals surface area contributed by atoms with Crippen molar-refractivity contribution < 1.29 is 0 Å². The second-order valence-corrected chi connectivity index (χ2v) is 4.92. The van der Waals surface area contributed by atoms with Crippen LogP contribution < -0.4 is 11.1 Å². The molecule has 0 amide bonds. The maximum absolute atomic E-state index is 5.69. The summed E-state index contributed by atoms with van der Waals surface area (Å²) in [7, 11) is 0. The maximum Gasteiger partial charge on any atom is 0.00199 e. The van der Waals surface area contributed by atoms with Crippen LogP contribution in [-0.4, -0.2) is 19.6 Å². The van der Waals surface area contributed by atoms with Gasteiger partial charge in [0.05, 0.1) is 0 Å². The zero-order chi connectivity index (χ0) is 9.73. The fourth-order valence-corrected chi connectivity index (χ4v) is 1.62. The predicted octanol–water partition coefficient (Wildman–Crippen LogP) is 1.75. The molecule has 13 heavy (non-hydrogen) atoms. The summed E-state index contributed by atoms with van der Waals surface area (Å²) in [5, 5.41) is 3.51. The Morgan fingerprint density at radius 3 is 2.54 bits per heavy atom. The van der Waals surface area contributed by atoms with Crippen LogP contribution in [0.5, 0.6) is 0 Å². The number of rotatable bonds is 7. The maximum atomic E-state index is 5.69. The van der Waals surface area contributed by atoms with Crippen molar-refractivity contribution in [3.8, 4) is 0 Å². The van der Waals surface area contributed by atoms with Crippen molar-refractivity contribution >= 4 is 0 Å². The van der Waals surface area contributed by atoms with Gasteiger partial charge in [0.1, 0.15) is 0 Å². The molecule has 0 radical (unpaired) electrons. The minimum atomic E-state index is 0.498. The van der Waals surface area contributed by atoms with E-state index >= 15 is 0 Å². The number of hydrogen-bond acceptors (Lipinski definition) is 2. The van der Waals surface area contributed by atoms with Gasteiger partial charge in [0, 0.05) is 6.54 Å². The molecule has 1 fully saturated rings. The average Bonchev–Trinajstić information content (AvgIpc) is 2.84. The van der Waals surface area contributed by atoms with Gasteiger partial charge in [0.15, 0.2) is 0 Å². The molecule has 1 aliphatic rings. The molecule has 0 aliphatic heterocycles. The molecule has 0 unspecified atom stereocenters. The summed E-state index contributed by atoms with van der Waals surface area (Å²) >= 11 is 0. The molecule has 1 saturated carbocycles. The van der Waals surface area contributed by atoms with Crippen molar-refractivity contribution in [1.29, 1.82) is 0 Å². The van der Waals surface area contributed by atoms with Crippen molar-refractivity contribution in [2.24, 2.45) is 17.1 Å². The van der Waals surface area contributed by atoms with Gasteiger partial charge in [-0.1, -0.05) is 13.8 Å². The number of nitrogens with one attached hydrogen (secondary N) is 1. The molecule has 0 aromatic rings. The molecule has 78 valence electrons. The Kier molecular flexibility index (Phi) is 4.20. The first-order valence-corrected chi connectivity index (χ1v) is 5.59. The molecule has 0 bridgehead atoms. The van der Waals surface area contributed by atoms with E-state index in [1.54, 1.807) is 0 Å². The minimum Gasteiger partial charge on any atom is -0.330 e. The lowest BCUT2D eigenvalue weighted by Crippen LogP contribution is -2.30. The Morgan fingerprint density at radius 1 is 1.38 bits per heavy atom. The molecule has 0 saturated heterocycles. The van der Waals surface area contributed by atoms with Gasteiger partial charge in [0.2, 0.25) is 0 Å². The highest BCUT2D eigenvalue weighted by Crippen LogP contribution is 2.43. The number of nitrogens with two attached hydrogens (primary N) is 1. The predicted molar refractivity (Wildman–Crippen MR) is 57.7 cm³/mol. The fourth-order valence-electron chi connectivity index (χ4n) is 1.62. The van der Waals surface area contributed by atoms with E-state index in [1.165, 1.54) is 32.2 Å². The van der Waals surface area contributed by atoms with Gasteiger partial charge in [-0.05, 0) is 50.1 Å². The molecule has 3 N–H and O–H groups in total. The molecule has 0 aromatic carbocycles. The SMILES string of the molecule is CC(C)CCCNCC1(CN)CC1. The highest BCUT2D eigenvalue weighted by Gasteiger charge is 2.40. The second kappa shape index (κ2) is 4.97. The molecule has 0 atom stereocenters. The monoisotopic (exact) mass is 184 g/mol. The van der Waals surface area contributed by atoms with Gasteiger partial charge >= 0.3 is 0 Å². The molecular weight excluding hydrogens is 160 g/mol. The van der Waals surface area contributed by atoms with Crippen LogP contribution in [-0.2, 0) is 0 Å². The quantitative estimate of drug-likeness (QED) is 0.592.